The predicted octanol–water partition coefficient (Wildman–Crippen LogP) is 3.85. The van der Waals surface area contributed by atoms with E-state index in [0.717, 1.165) is 44.6 Å². The van der Waals surface area contributed by atoms with Crippen molar-refractivity contribution in [2.45, 2.75) is 56.6 Å². The van der Waals surface area contributed by atoms with E-state index >= 15 is 0 Å². The molecule has 1 aromatic carbocycles. The van der Waals surface area contributed by atoms with E-state index in [2.05, 4.69) is 5.32 Å². The third-order valence-corrected chi connectivity index (χ3v) is 5.00. The molecule has 1 aromatic rings. The van der Waals surface area contributed by atoms with Gasteiger partial charge in [0, 0.05) is 6.07 Å². The van der Waals surface area contributed by atoms with Gasteiger partial charge in [0.15, 0.2) is 0 Å². The van der Waals surface area contributed by atoms with Crippen LogP contribution in [0.4, 0.5) is 14.5 Å². The third-order valence-electron chi connectivity index (χ3n) is 5.00. The van der Waals surface area contributed by atoms with Gasteiger partial charge >= 0.3 is 0 Å². The first-order valence-electron chi connectivity index (χ1n) is 7.53. The Kier molecular flexibility index (Phi) is 3.67. The monoisotopic (exact) mass is 281 g/mol. The summed E-state index contributed by atoms with van der Waals surface area (Å²) in [6, 6.07) is 3.41. The lowest BCUT2D eigenvalue weighted by Gasteiger charge is -2.49. The smallest absolute Gasteiger partial charge is 0.149 e. The first-order valence-corrected chi connectivity index (χ1v) is 7.53. The standard InChI is InChI=1S/C16H21F2NO/c17-12-7-8-14(13(18)10-12)19-15-6-3-5-11-4-1-2-9-16(11,15)20/h7-8,10-11,15,19-20H,1-6,9H2/t11-,15-,16-/m1/s1. The van der Waals surface area contributed by atoms with Crippen molar-refractivity contribution in [2.24, 2.45) is 5.92 Å². The number of rotatable bonds is 2. The molecule has 3 rings (SSSR count). The summed E-state index contributed by atoms with van der Waals surface area (Å²) < 4.78 is 26.7. The number of hydrogen-bond donors (Lipinski definition) is 2. The topological polar surface area (TPSA) is 32.3 Å². The van der Waals surface area contributed by atoms with Gasteiger partial charge in [0.25, 0.3) is 0 Å². The van der Waals surface area contributed by atoms with Crippen LogP contribution in [0.2, 0.25) is 0 Å². The van der Waals surface area contributed by atoms with Gasteiger partial charge in [0.2, 0.25) is 0 Å². The van der Waals surface area contributed by atoms with Gasteiger partial charge in [0.05, 0.1) is 17.3 Å². The van der Waals surface area contributed by atoms with Gasteiger partial charge in [0.1, 0.15) is 11.6 Å². The number of anilines is 1. The van der Waals surface area contributed by atoms with Gasteiger partial charge < -0.3 is 10.4 Å². The van der Waals surface area contributed by atoms with Gasteiger partial charge in [-0.25, -0.2) is 8.78 Å². The molecule has 0 aromatic heterocycles. The fourth-order valence-electron chi connectivity index (χ4n) is 3.92. The van der Waals surface area contributed by atoms with E-state index in [1.807, 2.05) is 0 Å². The Labute approximate surface area is 118 Å². The van der Waals surface area contributed by atoms with Crippen molar-refractivity contribution in [1.29, 1.82) is 0 Å². The molecule has 2 aliphatic carbocycles. The summed E-state index contributed by atoms with van der Waals surface area (Å²) in [6.45, 7) is 0. The summed E-state index contributed by atoms with van der Waals surface area (Å²) in [7, 11) is 0. The van der Waals surface area contributed by atoms with Crippen LogP contribution in [-0.4, -0.2) is 16.7 Å². The fraction of sp³-hybridized carbons (Fsp3) is 0.625. The highest BCUT2D eigenvalue weighted by molar-refractivity contribution is 5.46. The number of aliphatic hydroxyl groups is 1. The maximum atomic E-state index is 13.8. The van der Waals surface area contributed by atoms with Crippen molar-refractivity contribution < 1.29 is 13.9 Å². The van der Waals surface area contributed by atoms with Crippen LogP contribution in [0.25, 0.3) is 0 Å². The van der Waals surface area contributed by atoms with Gasteiger partial charge in [-0.05, 0) is 43.7 Å². The van der Waals surface area contributed by atoms with E-state index in [-0.39, 0.29) is 11.7 Å². The highest BCUT2D eigenvalue weighted by atomic mass is 19.1. The molecule has 0 aliphatic heterocycles. The molecule has 0 unspecified atom stereocenters. The van der Waals surface area contributed by atoms with Crippen LogP contribution in [0.1, 0.15) is 44.9 Å². The fourth-order valence-corrected chi connectivity index (χ4v) is 3.92. The summed E-state index contributed by atoms with van der Waals surface area (Å²) in [5, 5.41) is 14.1. The molecule has 2 saturated carbocycles. The Hall–Kier alpha value is -1.16. The van der Waals surface area contributed by atoms with Crippen molar-refractivity contribution >= 4 is 5.69 Å². The summed E-state index contributed by atoms with van der Waals surface area (Å²) in [4.78, 5) is 0. The molecule has 2 aliphatic rings. The van der Waals surface area contributed by atoms with Crippen LogP contribution in [-0.2, 0) is 0 Å². The van der Waals surface area contributed by atoms with E-state index in [0.29, 0.717) is 5.92 Å². The zero-order chi connectivity index (χ0) is 14.2. The van der Waals surface area contributed by atoms with Crippen LogP contribution in [0, 0.1) is 17.6 Å². The molecule has 0 bridgehead atoms. The second-order valence-electron chi connectivity index (χ2n) is 6.19. The molecule has 0 amide bonds. The largest absolute Gasteiger partial charge is 0.387 e. The maximum absolute atomic E-state index is 13.8. The molecule has 2 nitrogen and oxygen atoms in total. The summed E-state index contributed by atoms with van der Waals surface area (Å²) >= 11 is 0. The molecule has 0 saturated heterocycles. The first-order chi connectivity index (χ1) is 9.59. The molecular formula is C16H21F2NO. The highest BCUT2D eigenvalue weighted by Crippen LogP contribution is 2.44. The lowest BCUT2D eigenvalue weighted by atomic mass is 9.65. The average molecular weight is 281 g/mol. The molecular weight excluding hydrogens is 260 g/mol. The lowest BCUT2D eigenvalue weighted by Crippen LogP contribution is -2.56. The van der Waals surface area contributed by atoms with Gasteiger partial charge in [-0.1, -0.05) is 19.3 Å². The van der Waals surface area contributed by atoms with E-state index in [1.165, 1.54) is 18.6 Å². The Bertz CT molecular complexity index is 491. The molecule has 4 heteroatoms. The zero-order valence-electron chi connectivity index (χ0n) is 11.5. The first kappa shape index (κ1) is 13.8. The Balaban J connectivity index is 1.81. The molecule has 3 atom stereocenters. The van der Waals surface area contributed by atoms with Crippen molar-refractivity contribution in [1.82, 2.24) is 0 Å². The number of hydrogen-bond acceptors (Lipinski definition) is 2. The molecule has 2 N–H and O–H groups in total. The Morgan fingerprint density at radius 2 is 1.90 bits per heavy atom. The molecule has 0 spiro atoms. The number of fused-ring (bicyclic) bond motifs is 1. The molecule has 20 heavy (non-hydrogen) atoms. The second kappa shape index (κ2) is 5.32. The second-order valence-corrected chi connectivity index (χ2v) is 6.19. The number of halogens is 2. The van der Waals surface area contributed by atoms with Gasteiger partial charge in [-0.15, -0.1) is 0 Å². The molecule has 0 heterocycles. The summed E-state index contributed by atoms with van der Waals surface area (Å²) in [5.74, 6) is -0.858. The van der Waals surface area contributed by atoms with Gasteiger partial charge in [-0.3, -0.25) is 0 Å². The highest BCUT2D eigenvalue weighted by Gasteiger charge is 2.47. The van der Waals surface area contributed by atoms with Crippen LogP contribution >= 0.6 is 0 Å². The predicted molar refractivity (Wildman–Crippen MR) is 74.5 cm³/mol. The van der Waals surface area contributed by atoms with Crippen LogP contribution < -0.4 is 5.32 Å². The molecule has 110 valence electrons. The van der Waals surface area contributed by atoms with Crippen LogP contribution in [0.5, 0.6) is 0 Å². The number of benzene rings is 1. The van der Waals surface area contributed by atoms with Gasteiger partial charge in [-0.2, -0.15) is 0 Å². The normalized spacial score (nSPS) is 33.5. The zero-order valence-corrected chi connectivity index (χ0v) is 11.5. The molecule has 2 fully saturated rings. The van der Waals surface area contributed by atoms with Crippen molar-refractivity contribution in [3.63, 3.8) is 0 Å². The molecule has 0 radical (unpaired) electrons. The van der Waals surface area contributed by atoms with E-state index in [9.17, 15) is 13.9 Å². The van der Waals surface area contributed by atoms with Crippen LogP contribution in [0.3, 0.4) is 0 Å². The van der Waals surface area contributed by atoms with E-state index in [1.54, 1.807) is 0 Å². The average Bonchev–Trinajstić information content (AvgIpc) is 2.42. The minimum Gasteiger partial charge on any atom is -0.387 e. The van der Waals surface area contributed by atoms with Crippen molar-refractivity contribution in [3.8, 4) is 0 Å². The maximum Gasteiger partial charge on any atom is 0.149 e. The lowest BCUT2D eigenvalue weighted by molar-refractivity contribution is -0.0835. The van der Waals surface area contributed by atoms with Crippen LogP contribution in [0.15, 0.2) is 18.2 Å². The van der Waals surface area contributed by atoms with E-state index < -0.39 is 17.2 Å². The Morgan fingerprint density at radius 1 is 1.10 bits per heavy atom. The van der Waals surface area contributed by atoms with Crippen molar-refractivity contribution in [3.05, 3.63) is 29.8 Å². The minimum absolute atomic E-state index is 0.137. The minimum atomic E-state index is -0.739. The SMILES string of the molecule is O[C@]12CCCC[C@@H]1CCC[C@H]2Nc1ccc(F)cc1F. The third kappa shape index (κ3) is 2.41. The Morgan fingerprint density at radius 3 is 2.70 bits per heavy atom. The summed E-state index contributed by atoms with van der Waals surface area (Å²) in [6.07, 6.45) is 6.97. The quantitative estimate of drug-likeness (QED) is 0.863. The van der Waals surface area contributed by atoms with Crippen molar-refractivity contribution in [2.75, 3.05) is 5.32 Å². The summed E-state index contributed by atoms with van der Waals surface area (Å²) in [5.41, 5.74) is -0.451. The van der Waals surface area contributed by atoms with E-state index in [4.69, 9.17) is 0 Å². The number of nitrogens with one attached hydrogen (secondary N) is 1.